The van der Waals surface area contributed by atoms with E-state index < -0.39 is 15.8 Å². The lowest BCUT2D eigenvalue weighted by molar-refractivity contribution is -0.116. The Bertz CT molecular complexity index is 638. The van der Waals surface area contributed by atoms with Crippen molar-refractivity contribution in [1.82, 2.24) is 4.98 Å². The van der Waals surface area contributed by atoms with Gasteiger partial charge >= 0.3 is 5.97 Å². The van der Waals surface area contributed by atoms with E-state index in [0.29, 0.717) is 0 Å². The van der Waals surface area contributed by atoms with Crippen molar-refractivity contribution < 1.29 is 23.1 Å². The van der Waals surface area contributed by atoms with Crippen LogP contribution in [0.4, 0.5) is 5.69 Å². The molecule has 0 unspecified atom stereocenters. The van der Waals surface area contributed by atoms with Crippen LogP contribution in [0.2, 0.25) is 0 Å². The molecule has 18 heavy (non-hydrogen) atoms. The van der Waals surface area contributed by atoms with Crippen LogP contribution in [0.5, 0.6) is 0 Å². The highest BCUT2D eigenvalue weighted by atomic mass is 32.2. The molecule has 8 heteroatoms. The molecule has 1 aliphatic rings. The van der Waals surface area contributed by atoms with E-state index in [-0.39, 0.29) is 34.5 Å². The zero-order valence-corrected chi connectivity index (χ0v) is 10.3. The number of sulfone groups is 1. The molecule has 96 valence electrons. The number of fused-ring (bicyclic) bond motifs is 1. The molecule has 0 saturated heterocycles. The van der Waals surface area contributed by atoms with Gasteiger partial charge in [-0.3, -0.25) is 4.79 Å². The first kappa shape index (κ1) is 12.5. The van der Waals surface area contributed by atoms with Gasteiger partial charge in [0.05, 0.1) is 17.0 Å². The van der Waals surface area contributed by atoms with Crippen LogP contribution in [0.1, 0.15) is 17.3 Å². The average Bonchev–Trinajstić information content (AvgIpc) is 2.27. The minimum absolute atomic E-state index is 0.00934. The van der Waals surface area contributed by atoms with Crippen LogP contribution in [0.3, 0.4) is 0 Å². The molecule has 0 saturated carbocycles. The molecule has 2 heterocycles. The van der Waals surface area contributed by atoms with E-state index in [1.807, 2.05) is 0 Å². The molecular weight excluding hydrogens is 260 g/mol. The van der Waals surface area contributed by atoms with Gasteiger partial charge in [-0.2, -0.15) is 0 Å². The minimum Gasteiger partial charge on any atom is -0.478 e. The number of nitrogens with zero attached hydrogens (tertiary/aromatic N) is 2. The number of hydrogen-bond acceptors (Lipinski definition) is 5. The maximum Gasteiger partial charge on any atom is 0.337 e. The number of hydrogen-bond donors (Lipinski definition) is 1. The fraction of sp³-hybridized carbons (Fsp3) is 0.300. The number of carboxylic acids is 1. The summed E-state index contributed by atoms with van der Waals surface area (Å²) in [5.41, 5.74) is -0.120. The summed E-state index contributed by atoms with van der Waals surface area (Å²) in [6.07, 6.45) is 0.975. The van der Waals surface area contributed by atoms with Crippen LogP contribution in [0.15, 0.2) is 17.3 Å². The lowest BCUT2D eigenvalue weighted by Gasteiger charge is -2.27. The monoisotopic (exact) mass is 270 g/mol. The topological polar surface area (TPSA) is 105 Å². The molecule has 1 aromatic rings. The van der Waals surface area contributed by atoms with E-state index in [9.17, 15) is 18.0 Å². The average molecular weight is 270 g/mol. The standard InChI is InChI=1S/C10H10N2O5S/c1-6(13)12-2-3-18(16,17)9-8(12)4-7(5-11-9)10(14)15/h4-5H,2-3H2,1H3,(H,14,15). The van der Waals surface area contributed by atoms with Gasteiger partial charge in [0.15, 0.2) is 14.9 Å². The third-order valence-corrected chi connectivity index (χ3v) is 4.25. The Morgan fingerprint density at radius 1 is 1.44 bits per heavy atom. The largest absolute Gasteiger partial charge is 0.478 e. The maximum atomic E-state index is 11.8. The van der Waals surface area contributed by atoms with Gasteiger partial charge in [0.2, 0.25) is 5.91 Å². The number of anilines is 1. The Hall–Kier alpha value is -1.96. The normalized spacial score (nSPS) is 17.1. The zero-order valence-electron chi connectivity index (χ0n) is 9.45. The van der Waals surface area contributed by atoms with E-state index in [1.54, 1.807) is 0 Å². The first-order chi connectivity index (χ1) is 8.33. The van der Waals surface area contributed by atoms with E-state index >= 15 is 0 Å². The lowest BCUT2D eigenvalue weighted by atomic mass is 10.2. The van der Waals surface area contributed by atoms with Crippen molar-refractivity contribution in [2.75, 3.05) is 17.2 Å². The van der Waals surface area contributed by atoms with Crippen LogP contribution in [-0.4, -0.2) is 42.7 Å². The van der Waals surface area contributed by atoms with Crippen molar-refractivity contribution in [1.29, 1.82) is 0 Å². The van der Waals surface area contributed by atoms with Crippen LogP contribution in [0, 0.1) is 0 Å². The van der Waals surface area contributed by atoms with Crippen molar-refractivity contribution in [3.63, 3.8) is 0 Å². The van der Waals surface area contributed by atoms with Crippen molar-refractivity contribution >= 4 is 27.4 Å². The van der Waals surface area contributed by atoms with Gasteiger partial charge in [-0.05, 0) is 6.07 Å². The second-order valence-corrected chi connectivity index (χ2v) is 5.87. The second kappa shape index (κ2) is 4.05. The molecule has 1 aliphatic heterocycles. The van der Waals surface area contributed by atoms with E-state index in [4.69, 9.17) is 5.11 Å². The van der Waals surface area contributed by atoms with Gasteiger partial charge in [-0.25, -0.2) is 18.2 Å². The highest BCUT2D eigenvalue weighted by molar-refractivity contribution is 7.91. The molecule has 0 fully saturated rings. The fourth-order valence-corrected chi connectivity index (χ4v) is 3.06. The summed E-state index contributed by atoms with van der Waals surface area (Å²) in [5.74, 6) is -1.79. The molecule has 0 atom stereocenters. The maximum absolute atomic E-state index is 11.8. The van der Waals surface area contributed by atoms with Crippen LogP contribution < -0.4 is 4.90 Å². The first-order valence-corrected chi connectivity index (χ1v) is 6.72. The van der Waals surface area contributed by atoms with Crippen LogP contribution in [-0.2, 0) is 14.6 Å². The summed E-state index contributed by atoms with van der Waals surface area (Å²) < 4.78 is 23.5. The van der Waals surface area contributed by atoms with E-state index in [0.717, 1.165) is 12.3 Å². The number of carbonyl (C=O) groups excluding carboxylic acids is 1. The number of aromatic carboxylic acids is 1. The summed E-state index contributed by atoms with van der Waals surface area (Å²) in [6.45, 7) is 1.30. The molecule has 7 nitrogen and oxygen atoms in total. The van der Waals surface area contributed by atoms with Crippen LogP contribution >= 0.6 is 0 Å². The number of amides is 1. The van der Waals surface area contributed by atoms with E-state index in [2.05, 4.69) is 4.98 Å². The van der Waals surface area contributed by atoms with Crippen molar-refractivity contribution in [2.45, 2.75) is 11.9 Å². The van der Waals surface area contributed by atoms with Crippen molar-refractivity contribution in [3.05, 3.63) is 17.8 Å². The summed E-state index contributed by atoms with van der Waals surface area (Å²) >= 11 is 0. The van der Waals surface area contributed by atoms with Gasteiger partial charge in [0.25, 0.3) is 0 Å². The zero-order chi connectivity index (χ0) is 13.5. The van der Waals surface area contributed by atoms with Gasteiger partial charge in [0, 0.05) is 19.7 Å². The summed E-state index contributed by atoms with van der Waals surface area (Å²) in [5, 5.41) is 8.61. The highest BCUT2D eigenvalue weighted by Crippen LogP contribution is 2.29. The Labute approximate surface area is 103 Å². The van der Waals surface area contributed by atoms with E-state index in [1.165, 1.54) is 11.8 Å². The Morgan fingerprint density at radius 2 is 2.11 bits per heavy atom. The lowest BCUT2D eigenvalue weighted by Crippen LogP contribution is -2.39. The number of pyridine rings is 1. The third kappa shape index (κ3) is 1.94. The Kier molecular flexibility index (Phi) is 2.81. The minimum atomic E-state index is -3.55. The molecule has 0 bridgehead atoms. The second-order valence-electron chi connectivity index (χ2n) is 3.84. The molecule has 1 amide bonds. The first-order valence-electron chi connectivity index (χ1n) is 5.07. The molecular formula is C10H10N2O5S. The van der Waals surface area contributed by atoms with Crippen LogP contribution in [0.25, 0.3) is 0 Å². The quantitative estimate of drug-likeness (QED) is 0.765. The fourth-order valence-electron chi connectivity index (χ4n) is 1.75. The number of rotatable bonds is 1. The van der Waals surface area contributed by atoms with Gasteiger partial charge in [0.1, 0.15) is 0 Å². The van der Waals surface area contributed by atoms with Crippen molar-refractivity contribution in [2.24, 2.45) is 0 Å². The Morgan fingerprint density at radius 3 is 2.67 bits per heavy atom. The molecule has 0 radical (unpaired) electrons. The predicted molar refractivity (Wildman–Crippen MR) is 61.3 cm³/mol. The molecule has 1 N–H and O–H groups in total. The number of aromatic nitrogens is 1. The van der Waals surface area contributed by atoms with Gasteiger partial charge in [-0.1, -0.05) is 0 Å². The molecule has 0 aromatic carbocycles. The highest BCUT2D eigenvalue weighted by Gasteiger charge is 2.32. The molecule has 0 spiro atoms. The molecule has 1 aromatic heterocycles. The smallest absolute Gasteiger partial charge is 0.337 e. The summed E-state index contributed by atoms with van der Waals surface area (Å²) in [6, 6.07) is 1.16. The number of carbonyl (C=O) groups is 2. The van der Waals surface area contributed by atoms with Gasteiger partial charge < -0.3 is 10.0 Å². The SMILES string of the molecule is CC(=O)N1CCS(=O)(=O)c2ncc(C(=O)O)cc21. The summed E-state index contributed by atoms with van der Waals surface area (Å²) in [4.78, 5) is 27.1. The molecule has 0 aliphatic carbocycles. The number of carboxylic acid groups (broad SMARTS) is 1. The van der Waals surface area contributed by atoms with Gasteiger partial charge in [-0.15, -0.1) is 0 Å². The molecule has 2 rings (SSSR count). The van der Waals surface area contributed by atoms with Crippen molar-refractivity contribution in [3.8, 4) is 0 Å². The summed E-state index contributed by atoms with van der Waals surface area (Å²) in [7, 11) is -3.55. The third-order valence-electron chi connectivity index (χ3n) is 2.63. The Balaban J connectivity index is 2.68. The predicted octanol–water partition coefficient (Wildman–Crippen LogP) is -0.0800.